The maximum Gasteiger partial charge on any atom is 0.271 e. The fraction of sp³-hybridized carbons (Fsp3) is 0.286. The third kappa shape index (κ3) is 4.79. The van der Waals surface area contributed by atoms with Gasteiger partial charge in [-0.1, -0.05) is 25.1 Å². The van der Waals surface area contributed by atoms with Gasteiger partial charge in [0.15, 0.2) is 0 Å². The van der Waals surface area contributed by atoms with Gasteiger partial charge in [0.25, 0.3) is 11.8 Å². The van der Waals surface area contributed by atoms with Gasteiger partial charge < -0.3 is 5.32 Å². The summed E-state index contributed by atoms with van der Waals surface area (Å²) in [7, 11) is 0. The summed E-state index contributed by atoms with van der Waals surface area (Å²) in [4.78, 5) is 24.3. The van der Waals surface area contributed by atoms with Crippen molar-refractivity contribution in [2.75, 3.05) is 5.32 Å². The van der Waals surface area contributed by atoms with Crippen LogP contribution >= 0.6 is 0 Å². The lowest BCUT2D eigenvalue weighted by molar-refractivity contribution is 0.0954. The molecule has 1 aliphatic rings. The highest BCUT2D eigenvalue weighted by atomic mass is 16.2. The molecule has 0 spiro atoms. The van der Waals surface area contributed by atoms with Crippen LogP contribution in [0.1, 0.15) is 53.3 Å². The predicted molar refractivity (Wildman–Crippen MR) is 103 cm³/mol. The van der Waals surface area contributed by atoms with Crippen LogP contribution in [0.3, 0.4) is 0 Å². The summed E-state index contributed by atoms with van der Waals surface area (Å²) < 4.78 is 0. The van der Waals surface area contributed by atoms with E-state index in [1.165, 1.54) is 6.42 Å². The van der Waals surface area contributed by atoms with Gasteiger partial charge in [-0.2, -0.15) is 5.10 Å². The highest BCUT2D eigenvalue weighted by molar-refractivity contribution is 6.04. The molecule has 1 fully saturated rings. The average molecular weight is 349 g/mol. The lowest BCUT2D eigenvalue weighted by Crippen LogP contribution is -2.22. The minimum Gasteiger partial charge on any atom is -0.322 e. The molecule has 2 N–H and O–H groups in total. The third-order valence-electron chi connectivity index (χ3n) is 4.50. The number of anilines is 1. The van der Waals surface area contributed by atoms with Gasteiger partial charge in [0.2, 0.25) is 0 Å². The van der Waals surface area contributed by atoms with Gasteiger partial charge in [-0.25, -0.2) is 5.43 Å². The van der Waals surface area contributed by atoms with Gasteiger partial charge in [0.05, 0.1) is 0 Å². The zero-order valence-electron chi connectivity index (χ0n) is 14.9. The molecule has 1 atom stereocenters. The Bertz CT molecular complexity index is 798. The number of hydrogen-bond acceptors (Lipinski definition) is 3. The van der Waals surface area contributed by atoms with Crippen LogP contribution < -0.4 is 10.7 Å². The second kappa shape index (κ2) is 8.43. The summed E-state index contributed by atoms with van der Waals surface area (Å²) in [6.07, 6.45) is 4.26. The number of nitrogens with one attached hydrogen (secondary N) is 2. The third-order valence-corrected chi connectivity index (χ3v) is 4.50. The van der Waals surface area contributed by atoms with E-state index in [1.54, 1.807) is 36.4 Å². The van der Waals surface area contributed by atoms with E-state index in [0.717, 1.165) is 25.0 Å². The molecule has 0 heterocycles. The Hall–Kier alpha value is -2.95. The number of hydrazone groups is 1. The van der Waals surface area contributed by atoms with Crippen molar-refractivity contribution in [2.24, 2.45) is 11.0 Å². The van der Waals surface area contributed by atoms with E-state index in [9.17, 15) is 9.59 Å². The van der Waals surface area contributed by atoms with Crippen molar-refractivity contribution in [2.45, 2.75) is 32.6 Å². The van der Waals surface area contributed by atoms with Crippen LogP contribution in [-0.4, -0.2) is 17.5 Å². The summed E-state index contributed by atoms with van der Waals surface area (Å²) in [5.74, 6) is 0.212. The zero-order chi connectivity index (χ0) is 18.4. The van der Waals surface area contributed by atoms with Crippen LogP contribution in [-0.2, 0) is 0 Å². The van der Waals surface area contributed by atoms with Gasteiger partial charge in [0.1, 0.15) is 0 Å². The number of rotatable bonds is 4. The first-order chi connectivity index (χ1) is 12.6. The number of carbonyl (C=O) groups excluding carboxylic acids is 2. The van der Waals surface area contributed by atoms with E-state index in [-0.39, 0.29) is 11.8 Å². The van der Waals surface area contributed by atoms with Crippen molar-refractivity contribution in [1.29, 1.82) is 0 Å². The first-order valence-corrected chi connectivity index (χ1v) is 8.94. The Balaban J connectivity index is 1.57. The average Bonchev–Trinajstić information content (AvgIpc) is 2.67. The molecule has 134 valence electrons. The topological polar surface area (TPSA) is 70.6 Å². The van der Waals surface area contributed by atoms with Gasteiger partial charge in [-0.05, 0) is 68.0 Å². The van der Waals surface area contributed by atoms with Crippen molar-refractivity contribution in [3.63, 3.8) is 0 Å². The van der Waals surface area contributed by atoms with Crippen LogP contribution in [0.2, 0.25) is 0 Å². The van der Waals surface area contributed by atoms with Gasteiger partial charge >= 0.3 is 0 Å². The van der Waals surface area contributed by atoms with Gasteiger partial charge in [-0.3, -0.25) is 9.59 Å². The number of carbonyl (C=O) groups is 2. The lowest BCUT2D eigenvalue weighted by atomic mass is 9.89. The Kier molecular flexibility index (Phi) is 5.79. The number of hydrogen-bond donors (Lipinski definition) is 2. The van der Waals surface area contributed by atoms with Crippen molar-refractivity contribution in [3.8, 4) is 0 Å². The predicted octanol–water partition coefficient (Wildman–Crippen LogP) is 4.23. The molecule has 0 bridgehead atoms. The Labute approximate surface area is 153 Å². The maximum absolute atomic E-state index is 12.2. The molecule has 1 saturated carbocycles. The molecule has 5 heteroatoms. The number of amides is 2. The zero-order valence-corrected chi connectivity index (χ0v) is 14.9. The summed E-state index contributed by atoms with van der Waals surface area (Å²) in [6, 6.07) is 15.8. The molecule has 1 unspecified atom stereocenters. The molecule has 0 saturated heterocycles. The quantitative estimate of drug-likeness (QED) is 0.811. The Morgan fingerprint density at radius 3 is 2.35 bits per heavy atom. The molecule has 0 aliphatic heterocycles. The largest absolute Gasteiger partial charge is 0.322 e. The standard InChI is InChI=1S/C21H23N3O2/c1-15-6-5-9-19(14-15)23-24-21(26)17-10-12-18(13-11-17)22-20(25)16-7-3-2-4-8-16/h2-4,7-8,10-13,15H,5-6,9,14H2,1H3,(H,22,25)(H,24,26)/b23-19+. The summed E-state index contributed by atoms with van der Waals surface area (Å²) >= 11 is 0. The highest BCUT2D eigenvalue weighted by Crippen LogP contribution is 2.21. The molecule has 1 aliphatic carbocycles. The Morgan fingerprint density at radius 1 is 0.962 bits per heavy atom. The highest BCUT2D eigenvalue weighted by Gasteiger charge is 2.14. The second-order valence-corrected chi connectivity index (χ2v) is 6.72. The molecule has 0 aromatic heterocycles. The number of benzene rings is 2. The summed E-state index contributed by atoms with van der Waals surface area (Å²) in [5, 5.41) is 7.08. The molecular weight excluding hydrogens is 326 g/mol. The van der Waals surface area contributed by atoms with Crippen molar-refractivity contribution in [1.82, 2.24) is 5.43 Å². The van der Waals surface area contributed by atoms with E-state index in [4.69, 9.17) is 0 Å². The van der Waals surface area contributed by atoms with Crippen LogP contribution in [0.15, 0.2) is 59.7 Å². The monoisotopic (exact) mass is 349 g/mol. The van der Waals surface area contributed by atoms with Crippen molar-refractivity contribution < 1.29 is 9.59 Å². The van der Waals surface area contributed by atoms with E-state index >= 15 is 0 Å². The van der Waals surface area contributed by atoms with Gasteiger partial charge in [-0.15, -0.1) is 0 Å². The molecule has 2 aromatic rings. The minimum absolute atomic E-state index is 0.180. The SMILES string of the molecule is CC1CCC/C(=N\NC(=O)c2ccc(NC(=O)c3ccccc3)cc2)C1. The van der Waals surface area contributed by atoms with Crippen molar-refractivity contribution in [3.05, 3.63) is 65.7 Å². The summed E-state index contributed by atoms with van der Waals surface area (Å²) in [6.45, 7) is 2.21. The molecule has 2 aromatic carbocycles. The van der Waals surface area contributed by atoms with Crippen molar-refractivity contribution >= 4 is 23.2 Å². The fourth-order valence-electron chi connectivity index (χ4n) is 3.05. The molecule has 3 rings (SSSR count). The van der Waals surface area contributed by atoms with Crippen LogP contribution in [0.4, 0.5) is 5.69 Å². The number of nitrogens with zero attached hydrogens (tertiary/aromatic N) is 1. The van der Waals surface area contributed by atoms with Gasteiger partial charge in [0, 0.05) is 22.5 Å². The van der Waals surface area contributed by atoms with E-state index in [2.05, 4.69) is 22.8 Å². The molecule has 26 heavy (non-hydrogen) atoms. The van der Waals surface area contributed by atoms with Crippen LogP contribution in [0.5, 0.6) is 0 Å². The van der Waals surface area contributed by atoms with E-state index < -0.39 is 0 Å². The first kappa shape index (κ1) is 17.9. The fourth-order valence-corrected chi connectivity index (χ4v) is 3.05. The van der Waals surface area contributed by atoms with Crippen LogP contribution in [0, 0.1) is 5.92 Å². The lowest BCUT2D eigenvalue weighted by Gasteiger charge is -2.18. The summed E-state index contributed by atoms with van der Waals surface area (Å²) in [5.41, 5.74) is 5.44. The molecule has 5 nitrogen and oxygen atoms in total. The molecular formula is C21H23N3O2. The maximum atomic E-state index is 12.2. The molecule has 2 amide bonds. The van der Waals surface area contributed by atoms with E-state index in [1.807, 2.05) is 18.2 Å². The molecule has 0 radical (unpaired) electrons. The first-order valence-electron chi connectivity index (χ1n) is 8.94. The van der Waals surface area contributed by atoms with Crippen LogP contribution in [0.25, 0.3) is 0 Å². The second-order valence-electron chi connectivity index (χ2n) is 6.72. The minimum atomic E-state index is -0.239. The smallest absolute Gasteiger partial charge is 0.271 e. The Morgan fingerprint density at radius 2 is 1.65 bits per heavy atom. The normalized spacial score (nSPS) is 18.3. The van der Waals surface area contributed by atoms with E-state index in [0.29, 0.717) is 22.7 Å².